The molecule has 18 heavy (non-hydrogen) atoms. The Morgan fingerprint density at radius 2 is 2.39 bits per heavy atom. The molecule has 0 saturated carbocycles. The Kier molecular flexibility index (Phi) is 3.49. The molecule has 92 valence electrons. The van der Waals surface area contributed by atoms with Gasteiger partial charge in [0.05, 0.1) is 11.1 Å². The third-order valence-corrected chi connectivity index (χ3v) is 2.63. The Morgan fingerprint density at radius 3 is 3.00 bits per heavy atom. The van der Waals surface area contributed by atoms with E-state index in [0.717, 1.165) is 0 Å². The van der Waals surface area contributed by atoms with Gasteiger partial charge in [-0.1, -0.05) is 17.7 Å². The van der Waals surface area contributed by atoms with Gasteiger partial charge in [0.2, 0.25) is 4.77 Å². The number of nitrogens with zero attached hydrogens (tertiary/aromatic N) is 4. The van der Waals surface area contributed by atoms with Crippen LogP contribution < -0.4 is 0 Å². The Labute approximate surface area is 111 Å². The minimum atomic E-state index is -0.552. The van der Waals surface area contributed by atoms with Crippen LogP contribution >= 0.6 is 23.8 Å². The van der Waals surface area contributed by atoms with Crippen LogP contribution in [-0.2, 0) is 0 Å². The van der Waals surface area contributed by atoms with E-state index in [1.807, 2.05) is 0 Å². The van der Waals surface area contributed by atoms with Crippen molar-refractivity contribution >= 4 is 35.7 Å². The summed E-state index contributed by atoms with van der Waals surface area (Å²) in [5, 5.41) is 21.0. The van der Waals surface area contributed by atoms with Crippen LogP contribution in [0.15, 0.2) is 29.6 Å². The number of nitrogens with one attached hydrogen (secondary N) is 1. The van der Waals surface area contributed by atoms with Crippen molar-refractivity contribution in [2.75, 3.05) is 0 Å². The van der Waals surface area contributed by atoms with Crippen molar-refractivity contribution in [1.29, 1.82) is 0 Å². The van der Waals surface area contributed by atoms with Gasteiger partial charge in [-0.25, -0.2) is 0 Å². The molecule has 1 aromatic heterocycles. The first-order valence-electron chi connectivity index (χ1n) is 4.68. The molecule has 2 rings (SSSR count). The molecule has 0 atom stereocenters. The number of nitro benzene ring substituents is 1. The van der Waals surface area contributed by atoms with E-state index < -0.39 is 4.92 Å². The molecule has 0 aliphatic heterocycles. The number of hydrogen-bond donors (Lipinski definition) is 1. The SMILES string of the molecule is O=[N+]([O-])c1cc(/C=N\n2cn[nH]c2=S)ccc1Cl. The lowest BCUT2D eigenvalue weighted by Gasteiger charge is -1.96. The van der Waals surface area contributed by atoms with E-state index in [-0.39, 0.29) is 10.7 Å². The van der Waals surface area contributed by atoms with Crippen molar-refractivity contribution in [2.45, 2.75) is 0 Å². The summed E-state index contributed by atoms with van der Waals surface area (Å²) in [5.74, 6) is 0. The first kappa shape index (κ1) is 12.4. The number of benzene rings is 1. The fourth-order valence-electron chi connectivity index (χ4n) is 1.20. The smallest absolute Gasteiger partial charge is 0.258 e. The van der Waals surface area contributed by atoms with E-state index >= 15 is 0 Å². The van der Waals surface area contributed by atoms with Crippen LogP contribution in [-0.4, -0.2) is 26.0 Å². The Hall–Kier alpha value is -2.06. The lowest BCUT2D eigenvalue weighted by molar-refractivity contribution is -0.384. The maximum atomic E-state index is 10.7. The van der Waals surface area contributed by atoms with Gasteiger partial charge in [-0.15, -0.1) is 0 Å². The van der Waals surface area contributed by atoms with Crippen LogP contribution in [0, 0.1) is 14.9 Å². The van der Waals surface area contributed by atoms with E-state index in [4.69, 9.17) is 23.8 Å². The minimum absolute atomic E-state index is 0.0806. The fourth-order valence-corrected chi connectivity index (χ4v) is 1.54. The summed E-state index contributed by atoms with van der Waals surface area (Å²) in [5.41, 5.74) is 0.366. The summed E-state index contributed by atoms with van der Waals surface area (Å²) in [6, 6.07) is 4.38. The van der Waals surface area contributed by atoms with Gasteiger partial charge in [0, 0.05) is 11.6 Å². The van der Waals surface area contributed by atoms with Gasteiger partial charge >= 0.3 is 0 Å². The number of hydrogen-bond acceptors (Lipinski definition) is 5. The molecule has 0 spiro atoms. The molecule has 1 heterocycles. The zero-order valence-electron chi connectivity index (χ0n) is 8.78. The van der Waals surface area contributed by atoms with Crippen LogP contribution in [0.3, 0.4) is 0 Å². The van der Waals surface area contributed by atoms with E-state index in [9.17, 15) is 10.1 Å². The number of H-pyrrole nitrogens is 1. The van der Waals surface area contributed by atoms with Gasteiger partial charge < -0.3 is 0 Å². The van der Waals surface area contributed by atoms with Crippen LogP contribution in [0.4, 0.5) is 5.69 Å². The van der Waals surface area contributed by atoms with Crippen LogP contribution in [0.1, 0.15) is 5.56 Å². The summed E-state index contributed by atoms with van der Waals surface area (Å²) < 4.78 is 1.66. The number of aromatic nitrogens is 3. The van der Waals surface area contributed by atoms with Crippen LogP contribution in [0.25, 0.3) is 0 Å². The van der Waals surface area contributed by atoms with Gasteiger partial charge in [-0.3, -0.25) is 15.2 Å². The number of rotatable bonds is 3. The number of halogens is 1. The van der Waals surface area contributed by atoms with Crippen LogP contribution in [0.2, 0.25) is 5.02 Å². The second-order valence-corrected chi connectivity index (χ2v) is 4.01. The van der Waals surface area contributed by atoms with E-state index in [0.29, 0.717) is 10.3 Å². The monoisotopic (exact) mass is 283 g/mol. The molecule has 7 nitrogen and oxygen atoms in total. The first-order valence-corrected chi connectivity index (χ1v) is 5.47. The van der Waals surface area contributed by atoms with E-state index in [1.165, 1.54) is 29.4 Å². The summed E-state index contributed by atoms with van der Waals surface area (Å²) in [6.07, 6.45) is 2.82. The van der Waals surface area contributed by atoms with E-state index in [1.54, 1.807) is 6.07 Å². The lowest BCUT2D eigenvalue weighted by atomic mass is 10.2. The zero-order valence-corrected chi connectivity index (χ0v) is 10.4. The molecule has 0 aliphatic rings. The zero-order chi connectivity index (χ0) is 13.1. The second-order valence-electron chi connectivity index (χ2n) is 3.22. The quantitative estimate of drug-likeness (QED) is 0.405. The van der Waals surface area contributed by atoms with Gasteiger partial charge in [0.1, 0.15) is 11.3 Å². The van der Waals surface area contributed by atoms with Gasteiger partial charge in [-0.05, 0) is 18.3 Å². The predicted molar refractivity (Wildman–Crippen MR) is 68.5 cm³/mol. The molecule has 9 heteroatoms. The van der Waals surface area contributed by atoms with E-state index in [2.05, 4.69) is 15.3 Å². The first-order chi connectivity index (χ1) is 8.58. The third-order valence-electron chi connectivity index (χ3n) is 2.03. The Morgan fingerprint density at radius 1 is 1.61 bits per heavy atom. The standard InChI is InChI=1S/C9H6ClN5O2S/c10-7-2-1-6(3-8(7)15(16)17)4-12-14-5-11-13-9(14)18/h1-5H,(H,13,18)/b12-4-. The average Bonchev–Trinajstić information content (AvgIpc) is 2.73. The summed E-state index contributed by atoms with van der Waals surface area (Å²) >= 11 is 10.6. The minimum Gasteiger partial charge on any atom is -0.258 e. The Bertz CT molecular complexity index is 678. The van der Waals surface area contributed by atoms with Gasteiger partial charge in [0.15, 0.2) is 0 Å². The topological polar surface area (TPSA) is 89.1 Å². The molecular weight excluding hydrogens is 278 g/mol. The molecular formula is C9H6ClN5O2S. The number of aromatic amines is 1. The van der Waals surface area contributed by atoms with Crippen molar-refractivity contribution in [3.8, 4) is 0 Å². The largest absolute Gasteiger partial charge is 0.288 e. The molecule has 2 aromatic rings. The molecule has 0 fully saturated rings. The molecule has 0 unspecified atom stereocenters. The summed E-state index contributed by atoms with van der Waals surface area (Å²) in [6.45, 7) is 0. The second kappa shape index (κ2) is 5.07. The molecule has 1 N–H and O–H groups in total. The predicted octanol–water partition coefficient (Wildman–Crippen LogP) is 2.38. The van der Waals surface area contributed by atoms with Crippen molar-refractivity contribution < 1.29 is 4.92 Å². The molecule has 0 radical (unpaired) electrons. The molecule has 0 aliphatic carbocycles. The highest BCUT2D eigenvalue weighted by atomic mass is 35.5. The van der Waals surface area contributed by atoms with Gasteiger partial charge in [0.25, 0.3) is 5.69 Å². The maximum absolute atomic E-state index is 10.7. The summed E-state index contributed by atoms with van der Waals surface area (Å²) in [7, 11) is 0. The van der Waals surface area contributed by atoms with Crippen molar-refractivity contribution in [3.63, 3.8) is 0 Å². The fraction of sp³-hybridized carbons (Fsp3) is 0. The highest BCUT2D eigenvalue weighted by Gasteiger charge is 2.11. The lowest BCUT2D eigenvalue weighted by Crippen LogP contribution is -1.93. The third kappa shape index (κ3) is 2.60. The normalized spacial score (nSPS) is 10.9. The van der Waals surface area contributed by atoms with Crippen molar-refractivity contribution in [3.05, 3.63) is 50.0 Å². The molecule has 1 aromatic carbocycles. The maximum Gasteiger partial charge on any atom is 0.288 e. The molecule has 0 bridgehead atoms. The Balaban J connectivity index is 2.33. The number of nitro groups is 1. The highest BCUT2D eigenvalue weighted by Crippen LogP contribution is 2.24. The highest BCUT2D eigenvalue weighted by molar-refractivity contribution is 7.71. The van der Waals surface area contributed by atoms with Crippen molar-refractivity contribution in [2.24, 2.45) is 5.10 Å². The van der Waals surface area contributed by atoms with Crippen molar-refractivity contribution in [1.82, 2.24) is 14.9 Å². The molecule has 0 amide bonds. The van der Waals surface area contributed by atoms with Crippen LogP contribution in [0.5, 0.6) is 0 Å². The average molecular weight is 284 g/mol. The summed E-state index contributed by atoms with van der Waals surface area (Å²) in [4.78, 5) is 10.1. The molecule has 0 saturated heterocycles. The van der Waals surface area contributed by atoms with Gasteiger partial charge in [-0.2, -0.15) is 14.9 Å².